The van der Waals surface area contributed by atoms with Crippen molar-refractivity contribution < 1.29 is 19.1 Å². The van der Waals surface area contributed by atoms with Crippen molar-refractivity contribution in [2.45, 2.75) is 12.7 Å². The summed E-state index contributed by atoms with van der Waals surface area (Å²) in [7, 11) is 2.71. The zero-order chi connectivity index (χ0) is 12.8. The van der Waals surface area contributed by atoms with Gasteiger partial charge in [0.1, 0.15) is 0 Å². The van der Waals surface area contributed by atoms with Crippen LogP contribution in [0.1, 0.15) is 16.8 Å². The van der Waals surface area contributed by atoms with Gasteiger partial charge >= 0.3 is 0 Å². The van der Waals surface area contributed by atoms with Crippen LogP contribution in [0.25, 0.3) is 0 Å². The number of ketones is 2. The van der Waals surface area contributed by atoms with E-state index in [1.807, 2.05) is 0 Å². The van der Waals surface area contributed by atoms with Gasteiger partial charge < -0.3 is 9.47 Å². The summed E-state index contributed by atoms with van der Waals surface area (Å²) < 4.78 is 10.3. The molecule has 0 aliphatic rings. The van der Waals surface area contributed by atoms with Crippen LogP contribution in [-0.2, 0) is 14.3 Å². The number of carbonyl (C=O) groups is 2. The van der Waals surface area contributed by atoms with Gasteiger partial charge in [-0.1, -0.05) is 34.1 Å². The monoisotopic (exact) mass is 300 g/mol. The Kier molecular flexibility index (Phi) is 5.47. The molecule has 0 heterocycles. The predicted molar refractivity (Wildman–Crippen MR) is 65.9 cm³/mol. The highest BCUT2D eigenvalue weighted by molar-refractivity contribution is 9.10. The summed E-state index contributed by atoms with van der Waals surface area (Å²) in [5.41, 5.74) is 0.479. The van der Waals surface area contributed by atoms with Gasteiger partial charge in [0.15, 0.2) is 11.6 Å². The molecule has 0 aliphatic carbocycles. The van der Waals surface area contributed by atoms with Crippen molar-refractivity contribution >= 4 is 27.5 Å². The fourth-order valence-electron chi connectivity index (χ4n) is 1.38. The lowest BCUT2D eigenvalue weighted by Crippen LogP contribution is -2.27. The summed E-state index contributed by atoms with van der Waals surface area (Å²) in [4.78, 5) is 23.5. The number of ether oxygens (including phenoxy) is 2. The summed E-state index contributed by atoms with van der Waals surface area (Å²) in [6.07, 6.45) is -1.23. The Morgan fingerprint density at radius 1 is 1.24 bits per heavy atom. The second kappa shape index (κ2) is 6.64. The molecule has 0 atom stereocenters. The zero-order valence-corrected chi connectivity index (χ0v) is 11.2. The van der Waals surface area contributed by atoms with Crippen molar-refractivity contribution in [1.29, 1.82) is 0 Å². The highest BCUT2D eigenvalue weighted by atomic mass is 79.9. The van der Waals surface area contributed by atoms with Gasteiger partial charge in [-0.15, -0.1) is 0 Å². The van der Waals surface area contributed by atoms with Gasteiger partial charge in [0.05, 0.1) is 6.42 Å². The maximum absolute atomic E-state index is 11.9. The van der Waals surface area contributed by atoms with E-state index in [1.54, 1.807) is 24.3 Å². The third kappa shape index (κ3) is 3.73. The number of methoxy groups -OCH3 is 2. The van der Waals surface area contributed by atoms with Crippen LogP contribution in [0.15, 0.2) is 28.7 Å². The fourth-order valence-corrected chi connectivity index (χ4v) is 1.89. The number of hydrogen-bond acceptors (Lipinski definition) is 4. The van der Waals surface area contributed by atoms with Gasteiger partial charge in [-0.2, -0.15) is 0 Å². The molecule has 0 fully saturated rings. The number of carbonyl (C=O) groups excluding carboxylic acids is 2. The molecule has 1 aromatic rings. The van der Waals surface area contributed by atoms with Crippen molar-refractivity contribution in [3.63, 3.8) is 0 Å². The molecule has 5 heteroatoms. The normalized spacial score (nSPS) is 10.6. The molecule has 0 saturated heterocycles. The van der Waals surface area contributed by atoms with Gasteiger partial charge in [0.25, 0.3) is 0 Å². The van der Waals surface area contributed by atoms with Crippen LogP contribution in [-0.4, -0.2) is 32.1 Å². The van der Waals surface area contributed by atoms with Crippen molar-refractivity contribution in [2.24, 2.45) is 0 Å². The van der Waals surface area contributed by atoms with Crippen molar-refractivity contribution in [3.05, 3.63) is 34.3 Å². The Morgan fingerprint density at radius 2 is 1.82 bits per heavy atom. The van der Waals surface area contributed by atoms with Crippen LogP contribution in [0.4, 0.5) is 0 Å². The molecular formula is C12H13BrO4. The second-order valence-electron chi connectivity index (χ2n) is 3.35. The Bertz CT molecular complexity index is 413. The third-order valence-electron chi connectivity index (χ3n) is 2.20. The maximum atomic E-state index is 11.9. The van der Waals surface area contributed by atoms with Crippen LogP contribution in [0.3, 0.4) is 0 Å². The molecule has 92 valence electrons. The smallest absolute Gasteiger partial charge is 0.217 e. The first-order chi connectivity index (χ1) is 8.10. The Morgan fingerprint density at radius 3 is 2.35 bits per heavy atom. The molecule has 0 amide bonds. The fraction of sp³-hybridized carbons (Fsp3) is 0.333. The molecule has 0 spiro atoms. The van der Waals surface area contributed by atoms with Gasteiger partial charge in [0.2, 0.25) is 6.29 Å². The lowest BCUT2D eigenvalue weighted by atomic mass is 10.1. The Labute approximate surface area is 108 Å². The van der Waals surface area contributed by atoms with E-state index >= 15 is 0 Å². The molecule has 0 radical (unpaired) electrons. The minimum absolute atomic E-state index is 0.241. The first kappa shape index (κ1) is 14.0. The van der Waals surface area contributed by atoms with Gasteiger partial charge in [-0.05, 0) is 6.07 Å². The van der Waals surface area contributed by atoms with Crippen LogP contribution in [0.2, 0.25) is 0 Å². The molecule has 4 nitrogen and oxygen atoms in total. The average molecular weight is 301 g/mol. The van der Waals surface area contributed by atoms with E-state index in [1.165, 1.54) is 14.2 Å². The van der Waals surface area contributed by atoms with E-state index in [-0.39, 0.29) is 12.2 Å². The van der Waals surface area contributed by atoms with Crippen LogP contribution in [0, 0.1) is 0 Å². The lowest BCUT2D eigenvalue weighted by molar-refractivity contribution is -0.155. The van der Waals surface area contributed by atoms with E-state index in [4.69, 9.17) is 9.47 Å². The number of benzene rings is 1. The Balaban J connectivity index is 2.73. The number of halogens is 1. The topological polar surface area (TPSA) is 52.6 Å². The summed E-state index contributed by atoms with van der Waals surface area (Å²) >= 11 is 3.26. The molecule has 1 rings (SSSR count). The standard InChI is InChI=1S/C12H13BrO4/c1-16-12(17-2)11(15)7-10(14)8-5-3-4-6-9(8)13/h3-6,12H,7H2,1-2H3. The molecule has 0 aromatic heterocycles. The molecule has 0 saturated carbocycles. The van der Waals surface area contributed by atoms with E-state index in [2.05, 4.69) is 15.9 Å². The highest BCUT2D eigenvalue weighted by Gasteiger charge is 2.21. The minimum Gasteiger partial charge on any atom is -0.349 e. The number of Topliss-reactive ketones (excluding diaryl/α,β-unsaturated/α-hetero) is 2. The largest absolute Gasteiger partial charge is 0.349 e. The van der Waals surface area contributed by atoms with Gasteiger partial charge in [-0.25, -0.2) is 0 Å². The van der Waals surface area contributed by atoms with E-state index < -0.39 is 12.1 Å². The third-order valence-corrected chi connectivity index (χ3v) is 2.89. The SMILES string of the molecule is COC(OC)C(=O)CC(=O)c1ccccc1Br. The molecule has 0 unspecified atom stereocenters. The van der Waals surface area contributed by atoms with Crippen molar-refractivity contribution in [2.75, 3.05) is 14.2 Å². The van der Waals surface area contributed by atoms with Gasteiger partial charge in [-0.3, -0.25) is 9.59 Å². The summed E-state index contributed by atoms with van der Waals surface area (Å²) in [6.45, 7) is 0. The minimum atomic E-state index is -0.985. The molecule has 0 aliphatic heterocycles. The van der Waals surface area contributed by atoms with Crippen LogP contribution in [0.5, 0.6) is 0 Å². The molecule has 0 bridgehead atoms. The highest BCUT2D eigenvalue weighted by Crippen LogP contribution is 2.18. The van der Waals surface area contributed by atoms with Crippen LogP contribution < -0.4 is 0 Å². The first-order valence-electron chi connectivity index (χ1n) is 4.96. The lowest BCUT2D eigenvalue weighted by Gasteiger charge is -2.11. The quantitative estimate of drug-likeness (QED) is 0.459. The molecule has 1 aromatic carbocycles. The summed E-state index contributed by atoms with van der Waals surface area (Å²) in [5, 5.41) is 0. The Hall–Kier alpha value is -1.04. The predicted octanol–water partition coefficient (Wildman–Crippen LogP) is 2.21. The van der Waals surface area contributed by atoms with Gasteiger partial charge in [0, 0.05) is 24.3 Å². The van der Waals surface area contributed by atoms with Crippen LogP contribution >= 0.6 is 15.9 Å². The number of hydrogen-bond donors (Lipinski definition) is 0. The summed E-state index contributed by atoms with van der Waals surface area (Å²) in [5.74, 6) is -0.655. The van der Waals surface area contributed by atoms with Crippen molar-refractivity contribution in [1.82, 2.24) is 0 Å². The summed E-state index contributed by atoms with van der Waals surface area (Å²) in [6, 6.07) is 6.96. The average Bonchev–Trinajstić information content (AvgIpc) is 2.31. The van der Waals surface area contributed by atoms with E-state index in [0.29, 0.717) is 10.0 Å². The molecule has 17 heavy (non-hydrogen) atoms. The second-order valence-corrected chi connectivity index (χ2v) is 4.20. The van der Waals surface area contributed by atoms with E-state index in [0.717, 1.165) is 0 Å². The molecular weight excluding hydrogens is 288 g/mol. The van der Waals surface area contributed by atoms with Crippen molar-refractivity contribution in [3.8, 4) is 0 Å². The number of rotatable bonds is 6. The maximum Gasteiger partial charge on any atom is 0.217 e. The van der Waals surface area contributed by atoms with E-state index in [9.17, 15) is 9.59 Å². The molecule has 0 N–H and O–H groups in total. The zero-order valence-electron chi connectivity index (χ0n) is 9.60. The first-order valence-corrected chi connectivity index (χ1v) is 5.75.